The van der Waals surface area contributed by atoms with Crippen molar-refractivity contribution in [1.29, 1.82) is 0 Å². The Labute approximate surface area is 118 Å². The Morgan fingerprint density at radius 2 is 1.58 bits per heavy atom. The van der Waals surface area contributed by atoms with Crippen molar-refractivity contribution in [2.75, 3.05) is 52.4 Å². The van der Waals surface area contributed by atoms with Gasteiger partial charge in [0.2, 0.25) is 0 Å². The van der Waals surface area contributed by atoms with Crippen molar-refractivity contribution in [1.82, 2.24) is 15.1 Å². The summed E-state index contributed by atoms with van der Waals surface area (Å²) in [4.78, 5) is 5.43. The van der Waals surface area contributed by atoms with Gasteiger partial charge in [-0.3, -0.25) is 0 Å². The van der Waals surface area contributed by atoms with E-state index < -0.39 is 0 Å². The Morgan fingerprint density at radius 3 is 2.21 bits per heavy atom. The van der Waals surface area contributed by atoms with E-state index in [0.717, 1.165) is 17.8 Å². The number of hydrogen-bond donors (Lipinski definition) is 1. The van der Waals surface area contributed by atoms with Crippen LogP contribution >= 0.6 is 0 Å². The fraction of sp³-hybridized carbons (Fsp3) is 1.00. The molecule has 3 aliphatic rings. The van der Waals surface area contributed by atoms with E-state index in [0.29, 0.717) is 0 Å². The molecule has 0 amide bonds. The maximum Gasteiger partial charge on any atom is 0.00248 e. The molecule has 3 nitrogen and oxygen atoms in total. The van der Waals surface area contributed by atoms with Gasteiger partial charge in [-0.1, -0.05) is 6.92 Å². The Bertz CT molecular complexity index is 267. The third kappa shape index (κ3) is 3.71. The Hall–Kier alpha value is -0.120. The third-order valence-electron chi connectivity index (χ3n) is 5.59. The normalized spacial score (nSPS) is 35.2. The maximum atomic E-state index is 3.54. The standard InChI is InChI=1S/C16H31N3/c1-14-10-17-11-16(14)13-19-8-4-15(5-9-19)12-18-6-2-3-7-18/h14-17H,2-13H2,1H3. The van der Waals surface area contributed by atoms with Gasteiger partial charge in [0.15, 0.2) is 0 Å². The largest absolute Gasteiger partial charge is 0.316 e. The van der Waals surface area contributed by atoms with Gasteiger partial charge in [0.25, 0.3) is 0 Å². The van der Waals surface area contributed by atoms with Crippen LogP contribution in [0, 0.1) is 17.8 Å². The zero-order chi connectivity index (χ0) is 13.1. The Balaban J connectivity index is 1.37. The first-order chi connectivity index (χ1) is 9.31. The summed E-state index contributed by atoms with van der Waals surface area (Å²) < 4.78 is 0. The van der Waals surface area contributed by atoms with E-state index in [9.17, 15) is 0 Å². The molecule has 3 fully saturated rings. The number of nitrogens with zero attached hydrogens (tertiary/aromatic N) is 2. The molecule has 0 bridgehead atoms. The van der Waals surface area contributed by atoms with E-state index in [1.54, 1.807) is 0 Å². The highest BCUT2D eigenvalue weighted by molar-refractivity contribution is 4.83. The van der Waals surface area contributed by atoms with Crippen molar-refractivity contribution in [3.63, 3.8) is 0 Å². The molecule has 0 spiro atoms. The van der Waals surface area contributed by atoms with Gasteiger partial charge in [-0.15, -0.1) is 0 Å². The molecule has 0 aliphatic carbocycles. The lowest BCUT2D eigenvalue weighted by Crippen LogP contribution is -2.41. The monoisotopic (exact) mass is 265 g/mol. The highest BCUT2D eigenvalue weighted by Crippen LogP contribution is 2.23. The summed E-state index contributed by atoms with van der Waals surface area (Å²) in [6.07, 6.45) is 5.74. The molecule has 1 N–H and O–H groups in total. The predicted octanol–water partition coefficient (Wildman–Crippen LogP) is 1.65. The zero-order valence-corrected chi connectivity index (χ0v) is 12.6. The van der Waals surface area contributed by atoms with E-state index in [1.165, 1.54) is 78.0 Å². The van der Waals surface area contributed by atoms with Gasteiger partial charge in [-0.05, 0) is 82.7 Å². The number of nitrogens with one attached hydrogen (secondary N) is 1. The van der Waals surface area contributed by atoms with Crippen LogP contribution in [0.5, 0.6) is 0 Å². The number of piperidine rings is 1. The minimum absolute atomic E-state index is 0.877. The first kappa shape index (κ1) is 13.8. The summed E-state index contributed by atoms with van der Waals surface area (Å²) >= 11 is 0. The number of rotatable bonds is 4. The van der Waals surface area contributed by atoms with Gasteiger partial charge in [-0.2, -0.15) is 0 Å². The fourth-order valence-corrected chi connectivity index (χ4v) is 4.12. The van der Waals surface area contributed by atoms with Crippen LogP contribution in [-0.2, 0) is 0 Å². The number of likely N-dealkylation sites (tertiary alicyclic amines) is 2. The van der Waals surface area contributed by atoms with Crippen molar-refractivity contribution in [3.05, 3.63) is 0 Å². The van der Waals surface area contributed by atoms with E-state index in [2.05, 4.69) is 22.0 Å². The molecule has 3 rings (SSSR count). The van der Waals surface area contributed by atoms with Crippen LogP contribution in [0.25, 0.3) is 0 Å². The second-order valence-corrected chi connectivity index (χ2v) is 7.15. The molecular formula is C16H31N3. The van der Waals surface area contributed by atoms with Crippen molar-refractivity contribution in [2.24, 2.45) is 17.8 Å². The Morgan fingerprint density at radius 1 is 0.895 bits per heavy atom. The van der Waals surface area contributed by atoms with E-state index >= 15 is 0 Å². The van der Waals surface area contributed by atoms with Gasteiger partial charge in [-0.25, -0.2) is 0 Å². The average molecular weight is 265 g/mol. The topological polar surface area (TPSA) is 18.5 Å². The van der Waals surface area contributed by atoms with Crippen molar-refractivity contribution < 1.29 is 0 Å². The first-order valence-corrected chi connectivity index (χ1v) is 8.46. The second kappa shape index (κ2) is 6.55. The first-order valence-electron chi connectivity index (χ1n) is 8.46. The van der Waals surface area contributed by atoms with E-state index in [-0.39, 0.29) is 0 Å². The molecule has 0 aromatic carbocycles. The van der Waals surface area contributed by atoms with Gasteiger partial charge in [0, 0.05) is 13.1 Å². The van der Waals surface area contributed by atoms with Crippen LogP contribution in [0.15, 0.2) is 0 Å². The number of hydrogen-bond acceptors (Lipinski definition) is 3. The highest BCUT2D eigenvalue weighted by atomic mass is 15.2. The lowest BCUT2D eigenvalue weighted by Gasteiger charge is -2.35. The summed E-state index contributed by atoms with van der Waals surface area (Å²) in [5.74, 6) is 2.76. The predicted molar refractivity (Wildman–Crippen MR) is 80.4 cm³/mol. The highest BCUT2D eigenvalue weighted by Gasteiger charge is 2.28. The molecule has 3 aliphatic heterocycles. The fourth-order valence-electron chi connectivity index (χ4n) is 4.12. The Kier molecular flexibility index (Phi) is 4.78. The molecule has 2 unspecified atom stereocenters. The van der Waals surface area contributed by atoms with E-state index in [1.807, 2.05) is 0 Å². The van der Waals surface area contributed by atoms with Crippen LogP contribution < -0.4 is 5.32 Å². The molecule has 0 saturated carbocycles. The molecule has 0 aromatic heterocycles. The smallest absolute Gasteiger partial charge is 0.00248 e. The minimum atomic E-state index is 0.877. The molecule has 0 aromatic rings. The molecule has 0 radical (unpaired) electrons. The summed E-state index contributed by atoms with van der Waals surface area (Å²) in [7, 11) is 0. The van der Waals surface area contributed by atoms with Gasteiger partial charge in [0.1, 0.15) is 0 Å². The molecular weight excluding hydrogens is 234 g/mol. The lowest BCUT2D eigenvalue weighted by atomic mass is 9.93. The molecule has 110 valence electrons. The van der Waals surface area contributed by atoms with Crippen LogP contribution in [0.2, 0.25) is 0 Å². The average Bonchev–Trinajstić information content (AvgIpc) is 3.05. The SMILES string of the molecule is CC1CNCC1CN1CCC(CN2CCCC2)CC1. The second-order valence-electron chi connectivity index (χ2n) is 7.15. The minimum Gasteiger partial charge on any atom is -0.316 e. The summed E-state index contributed by atoms with van der Waals surface area (Å²) in [5, 5.41) is 3.54. The van der Waals surface area contributed by atoms with Crippen LogP contribution in [-0.4, -0.2) is 62.2 Å². The molecule has 3 heteroatoms. The van der Waals surface area contributed by atoms with Crippen LogP contribution in [0.4, 0.5) is 0 Å². The van der Waals surface area contributed by atoms with Crippen molar-refractivity contribution >= 4 is 0 Å². The van der Waals surface area contributed by atoms with Crippen LogP contribution in [0.3, 0.4) is 0 Å². The molecule has 19 heavy (non-hydrogen) atoms. The van der Waals surface area contributed by atoms with Crippen molar-refractivity contribution in [2.45, 2.75) is 32.6 Å². The quantitative estimate of drug-likeness (QED) is 0.834. The van der Waals surface area contributed by atoms with Gasteiger partial charge in [0.05, 0.1) is 0 Å². The maximum absolute atomic E-state index is 3.54. The van der Waals surface area contributed by atoms with Gasteiger partial charge < -0.3 is 15.1 Å². The van der Waals surface area contributed by atoms with Crippen LogP contribution in [0.1, 0.15) is 32.6 Å². The van der Waals surface area contributed by atoms with E-state index in [4.69, 9.17) is 0 Å². The summed E-state index contributed by atoms with van der Waals surface area (Å²) in [6, 6.07) is 0. The van der Waals surface area contributed by atoms with Gasteiger partial charge >= 0.3 is 0 Å². The zero-order valence-electron chi connectivity index (χ0n) is 12.6. The lowest BCUT2D eigenvalue weighted by molar-refractivity contribution is 0.134. The molecule has 3 saturated heterocycles. The molecule has 2 atom stereocenters. The summed E-state index contributed by atoms with van der Waals surface area (Å²) in [6.45, 7) is 13.0. The van der Waals surface area contributed by atoms with Crippen molar-refractivity contribution in [3.8, 4) is 0 Å². The molecule has 3 heterocycles. The summed E-state index contributed by atoms with van der Waals surface area (Å²) in [5.41, 5.74) is 0. The third-order valence-corrected chi connectivity index (χ3v) is 5.59.